The number of hydrogen-bond acceptors (Lipinski definition) is 4. The van der Waals surface area contributed by atoms with Crippen LogP contribution in [0.3, 0.4) is 0 Å². The molecule has 2 rings (SSSR count). The zero-order chi connectivity index (χ0) is 14.5. The first kappa shape index (κ1) is 12.6. The van der Waals surface area contributed by atoms with Gasteiger partial charge in [-0.05, 0) is 30.7 Å². The molecule has 5 nitrogen and oxygen atoms in total. The van der Waals surface area contributed by atoms with Crippen LogP contribution < -0.4 is 9.84 Å². The molecule has 19 heavy (non-hydrogen) atoms. The summed E-state index contributed by atoms with van der Waals surface area (Å²) in [6, 6.07) is 6.17. The standard InChI is InChI=1S/C13H16NO4P/c15-9-3-6-12(16)11(7-9)14-13(17)8-1-4-10(18-19)5-2-8/h1-2,4-5,11-12,16H,3,6-7,19H2,(H,14,17)/t11-,12-/m1/s1/i16T. The molecule has 1 fully saturated rings. The van der Waals surface area contributed by atoms with Crippen LogP contribution in [-0.2, 0) is 4.79 Å². The highest BCUT2D eigenvalue weighted by Crippen LogP contribution is 2.17. The molecule has 0 aromatic heterocycles. The van der Waals surface area contributed by atoms with Gasteiger partial charge in [0.1, 0.15) is 11.5 Å². The van der Waals surface area contributed by atoms with Crippen molar-refractivity contribution in [2.75, 3.05) is 0 Å². The Morgan fingerprint density at radius 2 is 2.21 bits per heavy atom. The molecule has 0 spiro atoms. The number of Topliss-reactive ketones (excluding diaryl/α,β-unsaturated/α-hetero) is 1. The van der Waals surface area contributed by atoms with E-state index < -0.39 is 12.1 Å². The lowest BCUT2D eigenvalue weighted by molar-refractivity contribution is -0.122. The third-order valence-corrected chi connectivity index (χ3v) is 3.45. The molecule has 0 saturated heterocycles. The second-order valence-corrected chi connectivity index (χ2v) is 4.78. The van der Waals surface area contributed by atoms with Crippen LogP contribution >= 0.6 is 9.47 Å². The van der Waals surface area contributed by atoms with Crippen molar-refractivity contribution in [2.45, 2.75) is 31.4 Å². The lowest BCUT2D eigenvalue weighted by Gasteiger charge is -2.27. The van der Waals surface area contributed by atoms with Gasteiger partial charge in [-0.15, -0.1) is 0 Å². The molecule has 1 aromatic carbocycles. The number of amides is 1. The van der Waals surface area contributed by atoms with E-state index in [1.54, 1.807) is 24.3 Å². The average Bonchev–Trinajstić information content (AvgIpc) is 2.47. The Labute approximate surface area is 115 Å². The van der Waals surface area contributed by atoms with Gasteiger partial charge >= 0.3 is 0 Å². The Balaban J connectivity index is 2.03. The van der Waals surface area contributed by atoms with Crippen molar-refractivity contribution in [1.29, 1.82) is 1.43 Å². The van der Waals surface area contributed by atoms with Crippen molar-refractivity contribution >= 4 is 21.2 Å². The second kappa shape index (κ2) is 6.13. The van der Waals surface area contributed by atoms with E-state index in [1.807, 2.05) is 0 Å². The summed E-state index contributed by atoms with van der Waals surface area (Å²) in [5, 5.41) is 7.34. The topological polar surface area (TPSA) is 75.6 Å². The molecule has 1 saturated carbocycles. The molecule has 0 heterocycles. The van der Waals surface area contributed by atoms with Gasteiger partial charge < -0.3 is 14.9 Å². The smallest absolute Gasteiger partial charge is 0.251 e. The molecule has 1 aromatic rings. The first-order valence-electron chi connectivity index (χ1n) is 6.46. The quantitative estimate of drug-likeness (QED) is 0.810. The number of hydrogen-bond donors (Lipinski definition) is 2. The summed E-state index contributed by atoms with van der Waals surface area (Å²) in [6.45, 7) is 0. The Kier molecular flexibility index (Phi) is 4.06. The summed E-state index contributed by atoms with van der Waals surface area (Å²) in [7, 11) is 2.13. The van der Waals surface area contributed by atoms with E-state index >= 15 is 0 Å². The summed E-state index contributed by atoms with van der Waals surface area (Å²) >= 11 is 0. The van der Waals surface area contributed by atoms with Crippen molar-refractivity contribution in [3.63, 3.8) is 0 Å². The molecule has 2 N–H and O–H groups in total. The number of aliphatic hydroxyl groups is 1. The maximum Gasteiger partial charge on any atom is 0.251 e. The molecule has 1 unspecified atom stereocenters. The Morgan fingerprint density at radius 1 is 1.47 bits per heavy atom. The molecular formula is C13H16NO4P. The van der Waals surface area contributed by atoms with Crippen LogP contribution in [0.2, 0.25) is 0 Å². The van der Waals surface area contributed by atoms with E-state index in [4.69, 9.17) is 5.95 Å². The molecule has 102 valence electrons. The fraction of sp³-hybridized carbons (Fsp3) is 0.385. The minimum atomic E-state index is -0.445. The van der Waals surface area contributed by atoms with Crippen LogP contribution in [0.25, 0.3) is 0 Å². The third kappa shape index (κ3) is 3.52. The van der Waals surface area contributed by atoms with Crippen molar-refractivity contribution in [1.82, 2.24) is 5.32 Å². The first-order chi connectivity index (χ1) is 9.63. The van der Waals surface area contributed by atoms with Crippen molar-refractivity contribution in [2.24, 2.45) is 0 Å². The summed E-state index contributed by atoms with van der Waals surface area (Å²) in [6.07, 6.45) is 0.636. The highest BCUT2D eigenvalue weighted by molar-refractivity contribution is 7.10. The van der Waals surface area contributed by atoms with E-state index in [0.717, 1.165) is 0 Å². The van der Waals surface area contributed by atoms with Crippen LogP contribution in [0, 0.1) is 0 Å². The van der Waals surface area contributed by atoms with Crippen LogP contribution in [0.4, 0.5) is 0 Å². The molecule has 1 amide bonds. The van der Waals surface area contributed by atoms with Gasteiger partial charge in [-0.3, -0.25) is 9.59 Å². The minimum absolute atomic E-state index is 0.0790. The number of aliphatic hydroxyl groups excluding tert-OH is 1. The van der Waals surface area contributed by atoms with Gasteiger partial charge in [0.2, 0.25) is 1.43 Å². The minimum Gasteiger partial charge on any atom is -0.480 e. The van der Waals surface area contributed by atoms with Gasteiger partial charge in [-0.25, -0.2) is 0 Å². The Hall–Kier alpha value is -1.45. The van der Waals surface area contributed by atoms with E-state index in [2.05, 4.69) is 19.9 Å². The van der Waals surface area contributed by atoms with Crippen molar-refractivity contribution in [3.05, 3.63) is 29.8 Å². The number of carbonyl (C=O) groups excluding carboxylic acids is 2. The fourth-order valence-corrected chi connectivity index (χ4v) is 2.22. The van der Waals surface area contributed by atoms with E-state index in [9.17, 15) is 9.59 Å². The van der Waals surface area contributed by atoms with Gasteiger partial charge in [0.25, 0.3) is 5.91 Å². The number of benzene rings is 1. The zero-order valence-corrected chi connectivity index (χ0v) is 11.5. The van der Waals surface area contributed by atoms with Crippen LogP contribution in [0.15, 0.2) is 24.3 Å². The summed E-state index contributed by atoms with van der Waals surface area (Å²) in [5.41, 5.74) is 0.470. The van der Waals surface area contributed by atoms with E-state index in [-0.39, 0.29) is 18.1 Å². The molecule has 0 bridgehead atoms. The molecule has 1 aliphatic rings. The van der Waals surface area contributed by atoms with Crippen molar-refractivity contribution in [3.8, 4) is 5.75 Å². The largest absolute Gasteiger partial charge is 0.480 e. The second-order valence-electron chi connectivity index (χ2n) is 4.54. The number of ketones is 1. The van der Waals surface area contributed by atoms with Crippen LogP contribution in [0.5, 0.6) is 5.75 Å². The predicted octanol–water partition coefficient (Wildman–Crippen LogP) is 1.07. The predicted molar refractivity (Wildman–Crippen MR) is 72.9 cm³/mol. The normalized spacial score (nSPS) is 23.6. The molecule has 0 radical (unpaired) electrons. The van der Waals surface area contributed by atoms with Gasteiger partial charge in [-0.1, -0.05) is 0 Å². The zero-order valence-electron chi connectivity index (χ0n) is 11.3. The molecule has 6 heteroatoms. The van der Waals surface area contributed by atoms with Crippen LogP contribution in [0.1, 0.15) is 29.6 Å². The number of rotatable bonds is 4. The Morgan fingerprint density at radius 3 is 2.84 bits per heavy atom. The molecule has 1 aliphatic carbocycles. The monoisotopic (exact) mass is 283 g/mol. The van der Waals surface area contributed by atoms with Gasteiger partial charge in [0.15, 0.2) is 0 Å². The summed E-state index contributed by atoms with van der Waals surface area (Å²) < 4.78 is 12.0. The van der Waals surface area contributed by atoms with Crippen molar-refractivity contribution < 1.29 is 19.2 Å². The van der Waals surface area contributed by atoms with Gasteiger partial charge in [-0.2, -0.15) is 0 Å². The van der Waals surface area contributed by atoms with Gasteiger partial charge in [0, 0.05) is 18.4 Å². The molecule has 0 aliphatic heterocycles. The third-order valence-electron chi connectivity index (χ3n) is 3.17. The SMILES string of the molecule is [3H]O[C@@H]1CCC(=O)C[C@H]1NC(=O)c1ccc(OP)cc1. The average molecular weight is 283 g/mol. The molecular weight excluding hydrogens is 265 g/mol. The highest BCUT2D eigenvalue weighted by Gasteiger charge is 2.29. The van der Waals surface area contributed by atoms with E-state index in [0.29, 0.717) is 24.2 Å². The fourth-order valence-electron chi connectivity index (χ4n) is 2.06. The summed E-state index contributed by atoms with van der Waals surface area (Å²) in [4.78, 5) is 23.5. The van der Waals surface area contributed by atoms with E-state index in [1.165, 1.54) is 0 Å². The highest BCUT2D eigenvalue weighted by atomic mass is 31.0. The maximum atomic E-state index is 12.1. The first-order valence-corrected chi connectivity index (χ1v) is 6.52. The summed E-state index contributed by atoms with van der Waals surface area (Å²) in [5.74, 6) is 0.421. The van der Waals surface area contributed by atoms with Gasteiger partial charge in [0.05, 0.1) is 21.6 Å². The Bertz CT molecular complexity index is 494. The number of carbonyl (C=O) groups is 2. The lowest BCUT2D eigenvalue weighted by Crippen LogP contribution is -2.47. The maximum absolute atomic E-state index is 12.1. The lowest BCUT2D eigenvalue weighted by atomic mass is 9.91. The molecule has 3 atom stereocenters. The number of nitrogens with one attached hydrogen (secondary N) is 1. The van der Waals surface area contributed by atoms with Crippen LogP contribution in [-0.4, -0.2) is 30.4 Å².